The van der Waals surface area contributed by atoms with Crippen LogP contribution in [-0.2, 0) is 6.61 Å². The highest BCUT2D eigenvalue weighted by molar-refractivity contribution is 14.1. The summed E-state index contributed by atoms with van der Waals surface area (Å²) >= 11 is 2.25. The molecule has 3 rings (SSSR count). The van der Waals surface area contributed by atoms with Gasteiger partial charge in [-0.3, -0.25) is 25.7 Å². The van der Waals surface area contributed by atoms with Gasteiger partial charge in [-0.25, -0.2) is 0 Å². The molecule has 3 aromatic rings. The second kappa shape index (κ2) is 12.1. The molecule has 0 heterocycles. The molecule has 0 radical (unpaired) electrons. The number of anilines is 2. The van der Waals surface area contributed by atoms with Gasteiger partial charge >= 0.3 is 5.69 Å². The summed E-state index contributed by atoms with van der Waals surface area (Å²) < 4.78 is 7.25. The normalized spacial score (nSPS) is 10.8. The van der Waals surface area contributed by atoms with Crippen LogP contribution in [0.25, 0.3) is 0 Å². The molecule has 0 aromatic heterocycles. The third-order valence-electron chi connectivity index (χ3n) is 5.21. The first-order valence-corrected chi connectivity index (χ1v) is 11.9. The van der Waals surface area contributed by atoms with Crippen LogP contribution in [0.5, 0.6) is 5.75 Å². The van der Waals surface area contributed by atoms with E-state index in [1.807, 2.05) is 42.5 Å². The third kappa shape index (κ3) is 6.88. The van der Waals surface area contributed by atoms with Gasteiger partial charge in [-0.1, -0.05) is 12.1 Å². The molecule has 0 saturated carbocycles. The maximum absolute atomic E-state index is 11.3. The van der Waals surface area contributed by atoms with E-state index in [2.05, 4.69) is 51.9 Å². The van der Waals surface area contributed by atoms with Gasteiger partial charge in [0.05, 0.1) is 22.1 Å². The molecule has 0 unspecified atom stereocenters. The second-order valence-corrected chi connectivity index (χ2v) is 8.64. The average molecular weight is 589 g/mol. The molecule has 1 N–H and O–H groups in total. The van der Waals surface area contributed by atoms with Gasteiger partial charge in [-0.05, 0) is 72.3 Å². The number of nitrogens with zero attached hydrogens (tertiary/aromatic N) is 4. The van der Waals surface area contributed by atoms with Crippen LogP contribution in [-0.4, -0.2) is 29.2 Å². The molecule has 0 aliphatic carbocycles. The number of nitro groups is 2. The van der Waals surface area contributed by atoms with Crippen LogP contribution in [0.4, 0.5) is 22.7 Å². The lowest BCUT2D eigenvalue weighted by atomic mass is 10.1. The predicted octanol–water partition coefficient (Wildman–Crippen LogP) is 5.98. The number of nitro benzene ring substituents is 2. The zero-order valence-electron chi connectivity index (χ0n) is 19.2. The van der Waals surface area contributed by atoms with E-state index in [-0.39, 0.29) is 11.4 Å². The van der Waals surface area contributed by atoms with Crippen molar-refractivity contribution < 1.29 is 14.6 Å². The highest BCUT2D eigenvalue weighted by atomic mass is 127. The SMILES string of the molecule is CCN(CC)c1ccc(/C=N\Nc2ccc([N+](=O)[O-])cc2[N+](=O)[O-])c(OCc2ccc(I)cc2)c1. The minimum atomic E-state index is -0.695. The van der Waals surface area contributed by atoms with Crippen molar-refractivity contribution in [2.24, 2.45) is 5.10 Å². The molecule has 0 saturated heterocycles. The van der Waals surface area contributed by atoms with Crippen LogP contribution in [0.3, 0.4) is 0 Å². The molecule has 11 heteroatoms. The van der Waals surface area contributed by atoms with Gasteiger partial charge < -0.3 is 9.64 Å². The molecule has 0 atom stereocenters. The van der Waals surface area contributed by atoms with E-state index in [0.717, 1.165) is 34.0 Å². The molecule has 3 aromatic carbocycles. The van der Waals surface area contributed by atoms with Crippen LogP contribution in [0, 0.1) is 23.8 Å². The van der Waals surface area contributed by atoms with Crippen molar-refractivity contribution in [1.29, 1.82) is 0 Å². The minimum absolute atomic E-state index is 0.0398. The first-order valence-electron chi connectivity index (χ1n) is 10.8. The molecule has 0 spiro atoms. The lowest BCUT2D eigenvalue weighted by Crippen LogP contribution is -2.21. The number of rotatable bonds is 11. The van der Waals surface area contributed by atoms with E-state index in [4.69, 9.17) is 4.74 Å². The quantitative estimate of drug-likeness (QED) is 0.126. The van der Waals surface area contributed by atoms with Crippen molar-refractivity contribution in [2.75, 3.05) is 23.4 Å². The zero-order valence-corrected chi connectivity index (χ0v) is 21.3. The number of ether oxygens (including phenoxy) is 1. The smallest absolute Gasteiger partial charge is 0.301 e. The number of hydrazone groups is 1. The third-order valence-corrected chi connectivity index (χ3v) is 5.93. The number of hydrogen-bond acceptors (Lipinski definition) is 8. The lowest BCUT2D eigenvalue weighted by Gasteiger charge is -2.22. The molecule has 10 nitrogen and oxygen atoms in total. The standard InChI is InChI=1S/C24H24IN5O5/c1-3-28(4-2)20-10-7-18(24(14-20)35-16-17-5-8-19(25)9-6-17)15-26-27-22-12-11-21(29(31)32)13-23(22)30(33)34/h5-15,27H,3-4,16H2,1-2H3/b26-15-. The molecule has 0 amide bonds. The first kappa shape index (κ1) is 25.9. The Hall–Kier alpha value is -3.74. The summed E-state index contributed by atoms with van der Waals surface area (Å²) in [7, 11) is 0. The molecule has 182 valence electrons. The Kier molecular flexibility index (Phi) is 8.95. The average Bonchev–Trinajstić information content (AvgIpc) is 2.85. The molecule has 35 heavy (non-hydrogen) atoms. The van der Waals surface area contributed by atoms with Crippen molar-refractivity contribution in [3.05, 3.63) is 95.6 Å². The van der Waals surface area contributed by atoms with Gasteiger partial charge in [0.15, 0.2) is 0 Å². The number of halogens is 1. The zero-order chi connectivity index (χ0) is 25.4. The van der Waals surface area contributed by atoms with Crippen LogP contribution >= 0.6 is 22.6 Å². The van der Waals surface area contributed by atoms with Crippen molar-refractivity contribution in [1.82, 2.24) is 0 Å². The fourth-order valence-corrected chi connectivity index (χ4v) is 3.69. The van der Waals surface area contributed by atoms with E-state index < -0.39 is 15.5 Å². The highest BCUT2D eigenvalue weighted by Crippen LogP contribution is 2.29. The van der Waals surface area contributed by atoms with Crippen LogP contribution < -0.4 is 15.1 Å². The van der Waals surface area contributed by atoms with Gasteiger partial charge in [0.1, 0.15) is 18.0 Å². The minimum Gasteiger partial charge on any atom is -0.488 e. The molecular weight excluding hydrogens is 565 g/mol. The Morgan fingerprint density at radius 3 is 2.34 bits per heavy atom. The Bertz CT molecular complexity index is 1230. The first-order chi connectivity index (χ1) is 16.8. The predicted molar refractivity (Wildman–Crippen MR) is 144 cm³/mol. The summed E-state index contributed by atoms with van der Waals surface area (Å²) in [5.74, 6) is 0.608. The number of nitrogens with one attached hydrogen (secondary N) is 1. The number of non-ortho nitro benzene ring substituents is 1. The second-order valence-electron chi connectivity index (χ2n) is 7.40. The summed E-state index contributed by atoms with van der Waals surface area (Å²) in [6, 6.07) is 17.1. The summed E-state index contributed by atoms with van der Waals surface area (Å²) in [5, 5.41) is 26.4. The lowest BCUT2D eigenvalue weighted by molar-refractivity contribution is -0.393. The Labute approximate surface area is 216 Å². The molecule has 0 aliphatic heterocycles. The monoisotopic (exact) mass is 589 g/mol. The van der Waals surface area contributed by atoms with Gasteiger partial charge in [0.2, 0.25) is 0 Å². The topological polar surface area (TPSA) is 123 Å². The van der Waals surface area contributed by atoms with Crippen molar-refractivity contribution >= 4 is 51.6 Å². The van der Waals surface area contributed by atoms with Gasteiger partial charge in [-0.2, -0.15) is 5.10 Å². The van der Waals surface area contributed by atoms with Crippen molar-refractivity contribution in [3.8, 4) is 5.75 Å². The van der Waals surface area contributed by atoms with Gasteiger partial charge in [0.25, 0.3) is 5.69 Å². The fraction of sp³-hybridized carbons (Fsp3) is 0.208. The van der Waals surface area contributed by atoms with Gasteiger partial charge in [0, 0.05) is 40.0 Å². The Morgan fingerprint density at radius 2 is 1.71 bits per heavy atom. The highest BCUT2D eigenvalue weighted by Gasteiger charge is 2.19. The van der Waals surface area contributed by atoms with Crippen LogP contribution in [0.2, 0.25) is 0 Å². The van der Waals surface area contributed by atoms with Gasteiger partial charge in [-0.15, -0.1) is 0 Å². The summed E-state index contributed by atoms with van der Waals surface area (Å²) in [4.78, 5) is 23.1. The molecule has 0 fully saturated rings. The van der Waals surface area contributed by atoms with E-state index in [1.165, 1.54) is 18.3 Å². The number of hydrogen-bond donors (Lipinski definition) is 1. The van der Waals surface area contributed by atoms with Crippen LogP contribution in [0.1, 0.15) is 25.0 Å². The Morgan fingerprint density at radius 1 is 1.00 bits per heavy atom. The fourth-order valence-electron chi connectivity index (χ4n) is 3.33. The van der Waals surface area contributed by atoms with E-state index in [9.17, 15) is 20.2 Å². The van der Waals surface area contributed by atoms with E-state index in [0.29, 0.717) is 17.9 Å². The number of benzene rings is 3. The van der Waals surface area contributed by atoms with Crippen molar-refractivity contribution in [2.45, 2.75) is 20.5 Å². The Balaban J connectivity index is 1.86. The summed E-state index contributed by atoms with van der Waals surface area (Å²) in [5.41, 5.74) is 4.53. The maximum Gasteiger partial charge on any atom is 0.301 e. The largest absolute Gasteiger partial charge is 0.488 e. The molecule has 0 aliphatic rings. The van der Waals surface area contributed by atoms with Crippen molar-refractivity contribution in [3.63, 3.8) is 0 Å². The van der Waals surface area contributed by atoms with E-state index in [1.54, 1.807) is 0 Å². The van der Waals surface area contributed by atoms with Crippen LogP contribution in [0.15, 0.2) is 65.8 Å². The molecular formula is C24H24IN5O5. The summed E-state index contributed by atoms with van der Waals surface area (Å²) in [6.07, 6.45) is 1.50. The summed E-state index contributed by atoms with van der Waals surface area (Å²) in [6.45, 7) is 6.19. The molecule has 0 bridgehead atoms. The maximum atomic E-state index is 11.3. The van der Waals surface area contributed by atoms with E-state index >= 15 is 0 Å².